The van der Waals surface area contributed by atoms with E-state index in [-0.39, 0.29) is 74.4 Å². The van der Waals surface area contributed by atoms with Gasteiger partial charge in [0.1, 0.15) is 6.61 Å². The highest BCUT2D eigenvalue weighted by Gasteiger charge is 2.29. The van der Waals surface area contributed by atoms with Gasteiger partial charge >= 0.3 is 10.2 Å². The fourth-order valence-electron chi connectivity index (χ4n) is 3.13. The van der Waals surface area contributed by atoms with E-state index in [1.165, 1.54) is 23.8 Å². The summed E-state index contributed by atoms with van der Waals surface area (Å²) in [5, 5.41) is 9.32. The van der Waals surface area contributed by atoms with Crippen molar-refractivity contribution in [2.24, 2.45) is 0 Å². The molecule has 1 fully saturated rings. The number of anilines is 1. The van der Waals surface area contributed by atoms with Crippen LogP contribution in [0, 0.1) is 0 Å². The average Bonchev–Trinajstić information content (AvgIpc) is 2.89. The molecule has 2 aromatic heterocycles. The van der Waals surface area contributed by atoms with Crippen LogP contribution >= 0.6 is 0 Å². The molecule has 14 heteroatoms. The second kappa shape index (κ2) is 11.2. The number of para-hydroxylation sites is 2. The Hall–Kier alpha value is -3.59. The Kier molecular flexibility index (Phi) is 7.87. The molecule has 1 aliphatic heterocycles. The van der Waals surface area contributed by atoms with E-state index in [4.69, 9.17) is 18.9 Å². The fraction of sp³-hybridized carbons (Fsp3) is 0.333. The quantitative estimate of drug-likeness (QED) is 0.407. The molecule has 35 heavy (non-hydrogen) atoms. The number of aromatic nitrogens is 4. The zero-order valence-electron chi connectivity index (χ0n) is 18.8. The van der Waals surface area contributed by atoms with E-state index in [0.29, 0.717) is 5.75 Å². The summed E-state index contributed by atoms with van der Waals surface area (Å²) in [4.78, 5) is 16.9. The number of nitrogens with one attached hydrogen (secondary N) is 1. The number of aliphatic hydroxyl groups excluding tert-OH is 1. The molecule has 3 aromatic rings. The van der Waals surface area contributed by atoms with Crippen molar-refractivity contribution >= 4 is 16.0 Å². The number of methoxy groups -OCH3 is 1. The molecule has 186 valence electrons. The first-order chi connectivity index (χ1) is 17.0. The lowest BCUT2D eigenvalue weighted by Crippen LogP contribution is -2.43. The summed E-state index contributed by atoms with van der Waals surface area (Å²) >= 11 is 0. The highest BCUT2D eigenvalue weighted by atomic mass is 32.2. The summed E-state index contributed by atoms with van der Waals surface area (Å²) in [5.41, 5.74) is 0. The van der Waals surface area contributed by atoms with Crippen molar-refractivity contribution in [2.75, 3.05) is 51.3 Å². The third kappa shape index (κ3) is 5.92. The van der Waals surface area contributed by atoms with Gasteiger partial charge < -0.3 is 24.1 Å². The summed E-state index contributed by atoms with van der Waals surface area (Å²) in [6.07, 6.45) is 2.99. The van der Waals surface area contributed by atoms with Gasteiger partial charge in [-0.3, -0.25) is 4.72 Å². The number of nitrogens with zero attached hydrogens (tertiary/aromatic N) is 5. The lowest BCUT2D eigenvalue weighted by Gasteiger charge is -2.26. The molecular weight excluding hydrogens is 480 g/mol. The Morgan fingerprint density at radius 2 is 1.77 bits per heavy atom. The van der Waals surface area contributed by atoms with Gasteiger partial charge in [0.05, 0.1) is 26.9 Å². The molecule has 1 saturated heterocycles. The lowest BCUT2D eigenvalue weighted by atomic mass is 10.3. The van der Waals surface area contributed by atoms with Crippen LogP contribution in [-0.2, 0) is 14.9 Å². The van der Waals surface area contributed by atoms with Gasteiger partial charge in [0, 0.05) is 25.5 Å². The molecule has 0 aliphatic carbocycles. The molecular formula is C21H24N6O7S. The fourth-order valence-corrected chi connectivity index (χ4v) is 4.27. The van der Waals surface area contributed by atoms with Crippen LogP contribution in [0.5, 0.6) is 23.1 Å². The minimum atomic E-state index is -4.05. The Balaban J connectivity index is 1.83. The van der Waals surface area contributed by atoms with Crippen molar-refractivity contribution in [3.63, 3.8) is 0 Å². The second-order valence-corrected chi connectivity index (χ2v) is 8.72. The molecule has 2 N–H and O–H groups in total. The van der Waals surface area contributed by atoms with Gasteiger partial charge in [0.15, 0.2) is 23.1 Å². The first-order valence-electron chi connectivity index (χ1n) is 10.6. The van der Waals surface area contributed by atoms with Crippen LogP contribution in [-0.4, -0.2) is 84.4 Å². The number of morpholine rings is 1. The molecule has 4 rings (SSSR count). The van der Waals surface area contributed by atoms with E-state index in [1.807, 2.05) is 0 Å². The van der Waals surface area contributed by atoms with Gasteiger partial charge in [0.2, 0.25) is 11.6 Å². The predicted molar refractivity (Wildman–Crippen MR) is 124 cm³/mol. The van der Waals surface area contributed by atoms with Gasteiger partial charge in [0.25, 0.3) is 5.88 Å². The Bertz CT molecular complexity index is 1240. The van der Waals surface area contributed by atoms with Crippen LogP contribution in [0.3, 0.4) is 0 Å². The Morgan fingerprint density at radius 1 is 1.06 bits per heavy atom. The topological polar surface area (TPSA) is 158 Å². The third-order valence-electron chi connectivity index (χ3n) is 4.75. The molecule has 0 amide bonds. The van der Waals surface area contributed by atoms with Crippen molar-refractivity contribution in [2.45, 2.75) is 0 Å². The standard InChI is InChI=1S/C21H24N6O7S/c1-31-15-5-2-3-6-16(15)34-17-18(26-35(29,30)27-9-12-32-13-10-27)24-20(19-22-7-4-8-23-19)25-21(17)33-14-11-28/h2-8,28H,9-14H2,1H3,(H,24,25,26). The van der Waals surface area contributed by atoms with E-state index in [0.717, 1.165) is 0 Å². The summed E-state index contributed by atoms with van der Waals surface area (Å²) in [5.74, 6) is 0.331. The van der Waals surface area contributed by atoms with Crippen molar-refractivity contribution in [1.29, 1.82) is 0 Å². The van der Waals surface area contributed by atoms with Gasteiger partial charge in [-0.2, -0.15) is 17.7 Å². The number of hydrogen-bond acceptors (Lipinski definition) is 11. The van der Waals surface area contributed by atoms with Gasteiger partial charge in [-0.1, -0.05) is 12.1 Å². The molecule has 13 nitrogen and oxygen atoms in total. The van der Waals surface area contributed by atoms with E-state index in [9.17, 15) is 13.5 Å². The molecule has 1 aromatic carbocycles. The molecule has 0 atom stereocenters. The minimum Gasteiger partial charge on any atom is -0.493 e. The Labute approximate surface area is 201 Å². The van der Waals surface area contributed by atoms with E-state index in [1.54, 1.807) is 30.3 Å². The zero-order chi connectivity index (χ0) is 24.7. The van der Waals surface area contributed by atoms with E-state index >= 15 is 0 Å². The molecule has 3 heterocycles. The van der Waals surface area contributed by atoms with E-state index < -0.39 is 10.2 Å². The molecule has 0 saturated carbocycles. The van der Waals surface area contributed by atoms with Crippen LogP contribution in [0.4, 0.5) is 5.82 Å². The number of benzene rings is 1. The van der Waals surface area contributed by atoms with Crippen LogP contribution in [0.2, 0.25) is 0 Å². The van der Waals surface area contributed by atoms with Gasteiger partial charge in [-0.15, -0.1) is 0 Å². The number of rotatable bonds is 10. The number of hydrogen-bond donors (Lipinski definition) is 2. The first-order valence-corrected chi connectivity index (χ1v) is 12.1. The number of aliphatic hydroxyl groups is 1. The average molecular weight is 505 g/mol. The summed E-state index contributed by atoms with van der Waals surface area (Å²) < 4.78 is 52.2. The monoisotopic (exact) mass is 504 g/mol. The van der Waals surface area contributed by atoms with Crippen LogP contribution < -0.4 is 18.9 Å². The zero-order valence-corrected chi connectivity index (χ0v) is 19.6. The van der Waals surface area contributed by atoms with E-state index in [2.05, 4.69) is 24.7 Å². The molecule has 0 unspecified atom stereocenters. The van der Waals surface area contributed by atoms with Gasteiger partial charge in [-0.25, -0.2) is 15.0 Å². The largest absolute Gasteiger partial charge is 0.493 e. The van der Waals surface area contributed by atoms with Crippen LogP contribution in [0.15, 0.2) is 42.7 Å². The lowest BCUT2D eigenvalue weighted by molar-refractivity contribution is 0.0733. The molecule has 0 spiro atoms. The van der Waals surface area contributed by atoms with Gasteiger partial charge in [-0.05, 0) is 18.2 Å². The maximum Gasteiger partial charge on any atom is 0.303 e. The third-order valence-corrected chi connectivity index (χ3v) is 6.24. The molecule has 0 radical (unpaired) electrons. The summed E-state index contributed by atoms with van der Waals surface area (Å²) in [7, 11) is -2.58. The normalized spacial score (nSPS) is 14.3. The summed E-state index contributed by atoms with van der Waals surface area (Å²) in [6, 6.07) is 8.39. The molecule has 0 bridgehead atoms. The Morgan fingerprint density at radius 3 is 2.46 bits per heavy atom. The molecule has 1 aliphatic rings. The van der Waals surface area contributed by atoms with Crippen molar-refractivity contribution in [3.05, 3.63) is 42.7 Å². The maximum atomic E-state index is 13.2. The van der Waals surface area contributed by atoms with Crippen molar-refractivity contribution < 1.29 is 32.5 Å². The highest BCUT2D eigenvalue weighted by Crippen LogP contribution is 2.41. The number of ether oxygens (including phenoxy) is 4. The van der Waals surface area contributed by atoms with Crippen molar-refractivity contribution in [1.82, 2.24) is 24.2 Å². The smallest absolute Gasteiger partial charge is 0.303 e. The van der Waals surface area contributed by atoms with Crippen LogP contribution in [0.25, 0.3) is 11.6 Å². The van der Waals surface area contributed by atoms with Crippen LogP contribution in [0.1, 0.15) is 0 Å². The maximum absolute atomic E-state index is 13.2. The highest BCUT2D eigenvalue weighted by molar-refractivity contribution is 7.90. The second-order valence-electron chi connectivity index (χ2n) is 7.05. The van der Waals surface area contributed by atoms with Crippen molar-refractivity contribution in [3.8, 4) is 34.8 Å². The minimum absolute atomic E-state index is 0.00871. The first kappa shape index (κ1) is 24.5. The summed E-state index contributed by atoms with van der Waals surface area (Å²) in [6.45, 7) is 0.428. The SMILES string of the molecule is COc1ccccc1Oc1c(NS(=O)(=O)N2CCOCC2)nc(-c2ncccn2)nc1OCCO. The predicted octanol–water partition coefficient (Wildman–Crippen LogP) is 1.09.